The second kappa shape index (κ2) is 6.37. The van der Waals surface area contributed by atoms with Crippen molar-refractivity contribution in [3.05, 3.63) is 59.9 Å². The van der Waals surface area contributed by atoms with Crippen molar-refractivity contribution in [3.8, 4) is 0 Å². The fraction of sp³-hybridized carbons (Fsp3) is 0. The van der Waals surface area contributed by atoms with Gasteiger partial charge in [0.05, 0.1) is 11.9 Å². The maximum absolute atomic E-state index is 13.2. The Morgan fingerprint density at radius 1 is 1.35 bits per heavy atom. The lowest BCUT2D eigenvalue weighted by Gasteiger charge is -2.03. The summed E-state index contributed by atoms with van der Waals surface area (Å²) in [6, 6.07) is 6.05. The van der Waals surface area contributed by atoms with Gasteiger partial charge in [0.15, 0.2) is 0 Å². The average molecular weight is 277 g/mol. The number of carbonyl (C=O) groups excluding carboxylic acids is 1. The first kappa shape index (κ1) is 13.6. The summed E-state index contributed by atoms with van der Waals surface area (Å²) in [5, 5.41) is 5.43. The van der Waals surface area contributed by atoms with Crippen LogP contribution in [-0.2, 0) is 4.84 Å². The summed E-state index contributed by atoms with van der Waals surface area (Å²) in [6.07, 6.45) is 3.32. The maximum atomic E-state index is 13.2. The van der Waals surface area contributed by atoms with E-state index in [4.69, 9.17) is 0 Å². The van der Waals surface area contributed by atoms with Gasteiger partial charge in [-0.15, -0.1) is 0 Å². The Kier molecular flexibility index (Phi) is 4.33. The zero-order valence-corrected chi connectivity index (χ0v) is 10.1. The van der Waals surface area contributed by atoms with Crippen LogP contribution < -0.4 is 5.32 Å². The van der Waals surface area contributed by atoms with E-state index in [1.165, 1.54) is 12.4 Å². The molecule has 5 nitrogen and oxygen atoms in total. The van der Waals surface area contributed by atoms with Crippen molar-refractivity contribution in [2.24, 2.45) is 5.16 Å². The van der Waals surface area contributed by atoms with Gasteiger partial charge in [-0.2, -0.15) is 0 Å². The van der Waals surface area contributed by atoms with Crippen molar-refractivity contribution in [1.82, 2.24) is 4.98 Å². The smallest absolute Gasteiger partial charge is 0.298 e. The predicted octanol–water partition coefficient (Wildman–Crippen LogP) is 2.94. The van der Waals surface area contributed by atoms with E-state index in [9.17, 15) is 13.6 Å². The van der Waals surface area contributed by atoms with E-state index in [0.29, 0.717) is 5.56 Å². The number of pyridine rings is 1. The molecular weight excluding hydrogens is 268 g/mol. The monoisotopic (exact) mass is 277 g/mol. The van der Waals surface area contributed by atoms with Gasteiger partial charge in [-0.3, -0.25) is 15.1 Å². The van der Waals surface area contributed by atoms with E-state index in [1.807, 2.05) is 5.32 Å². The molecule has 0 fully saturated rings. The molecule has 0 spiro atoms. The number of oxime groups is 1. The largest absolute Gasteiger partial charge is 0.437 e. The highest BCUT2D eigenvalue weighted by Crippen LogP contribution is 2.15. The number of benzene rings is 1. The Morgan fingerprint density at radius 3 is 2.95 bits per heavy atom. The SMILES string of the molecule is O=C(Nc1cc(F)ccc1F)O/N=C/c1cccnc1. The Labute approximate surface area is 112 Å². The molecular formula is C13H9F2N3O2. The molecule has 1 N–H and O–H groups in total. The molecule has 2 rings (SSSR count). The molecule has 0 aliphatic heterocycles. The zero-order chi connectivity index (χ0) is 14.4. The standard InChI is InChI=1S/C13H9F2N3O2/c14-10-3-4-11(15)12(6-10)18-13(19)20-17-8-9-2-1-5-16-7-9/h1-8H,(H,18,19)/b17-8+. The first-order valence-electron chi connectivity index (χ1n) is 5.51. The molecule has 0 saturated heterocycles. The van der Waals surface area contributed by atoms with E-state index in [0.717, 1.165) is 18.2 Å². The minimum atomic E-state index is -1.03. The second-order valence-corrected chi connectivity index (χ2v) is 3.65. The lowest BCUT2D eigenvalue weighted by atomic mass is 10.3. The third-order valence-electron chi connectivity index (χ3n) is 2.19. The van der Waals surface area contributed by atoms with Crippen molar-refractivity contribution in [2.45, 2.75) is 0 Å². The number of nitrogens with zero attached hydrogens (tertiary/aromatic N) is 2. The first-order valence-corrected chi connectivity index (χ1v) is 5.51. The highest BCUT2D eigenvalue weighted by molar-refractivity contribution is 5.85. The lowest BCUT2D eigenvalue weighted by molar-refractivity contribution is 0.167. The minimum Gasteiger partial charge on any atom is -0.298 e. The number of nitrogens with one attached hydrogen (secondary N) is 1. The quantitative estimate of drug-likeness (QED) is 0.533. The molecule has 1 heterocycles. The van der Waals surface area contributed by atoms with Gasteiger partial charge in [0.25, 0.3) is 0 Å². The third kappa shape index (κ3) is 3.84. The van der Waals surface area contributed by atoms with E-state index >= 15 is 0 Å². The first-order chi connectivity index (χ1) is 9.65. The maximum Gasteiger partial charge on any atom is 0.437 e. The fourth-order valence-electron chi connectivity index (χ4n) is 1.31. The molecule has 102 valence electrons. The van der Waals surface area contributed by atoms with Crippen LogP contribution in [0.4, 0.5) is 19.3 Å². The summed E-state index contributed by atoms with van der Waals surface area (Å²) in [5.41, 5.74) is 0.295. The molecule has 0 atom stereocenters. The topological polar surface area (TPSA) is 63.6 Å². The van der Waals surface area contributed by atoms with Crippen molar-refractivity contribution < 1.29 is 18.4 Å². The van der Waals surface area contributed by atoms with Crippen LogP contribution in [0.15, 0.2) is 47.9 Å². The summed E-state index contributed by atoms with van der Waals surface area (Å²) in [7, 11) is 0. The number of halogens is 2. The van der Waals surface area contributed by atoms with Gasteiger partial charge in [-0.25, -0.2) is 13.6 Å². The van der Waals surface area contributed by atoms with E-state index < -0.39 is 17.7 Å². The van der Waals surface area contributed by atoms with Crippen molar-refractivity contribution in [2.75, 3.05) is 5.32 Å². The van der Waals surface area contributed by atoms with Gasteiger partial charge >= 0.3 is 6.09 Å². The molecule has 1 aromatic heterocycles. The molecule has 0 unspecified atom stereocenters. The number of hydrogen-bond acceptors (Lipinski definition) is 4. The van der Waals surface area contributed by atoms with E-state index in [-0.39, 0.29) is 5.69 Å². The predicted molar refractivity (Wildman–Crippen MR) is 68.3 cm³/mol. The number of carbonyl (C=O) groups is 1. The number of hydrogen-bond donors (Lipinski definition) is 1. The molecule has 2 aromatic rings. The highest BCUT2D eigenvalue weighted by Gasteiger charge is 2.08. The lowest BCUT2D eigenvalue weighted by Crippen LogP contribution is -2.12. The van der Waals surface area contributed by atoms with Gasteiger partial charge in [0.2, 0.25) is 0 Å². The number of aromatic nitrogens is 1. The summed E-state index contributed by atoms with van der Waals surface area (Å²) >= 11 is 0. The average Bonchev–Trinajstić information content (AvgIpc) is 2.44. The number of rotatable bonds is 3. The van der Waals surface area contributed by atoms with Crippen LogP contribution in [0.1, 0.15) is 5.56 Å². The van der Waals surface area contributed by atoms with Gasteiger partial charge in [-0.05, 0) is 18.2 Å². The third-order valence-corrected chi connectivity index (χ3v) is 2.19. The van der Waals surface area contributed by atoms with Gasteiger partial charge in [0, 0.05) is 24.0 Å². The molecule has 0 aliphatic carbocycles. The van der Waals surface area contributed by atoms with Crippen LogP contribution in [0.5, 0.6) is 0 Å². The van der Waals surface area contributed by atoms with Crippen molar-refractivity contribution in [3.63, 3.8) is 0 Å². The van der Waals surface area contributed by atoms with Crippen LogP contribution in [0.25, 0.3) is 0 Å². The van der Waals surface area contributed by atoms with Crippen LogP contribution in [0, 0.1) is 11.6 Å². The van der Waals surface area contributed by atoms with E-state index in [2.05, 4.69) is 15.0 Å². The Morgan fingerprint density at radius 2 is 2.20 bits per heavy atom. The molecule has 7 heteroatoms. The summed E-state index contributed by atoms with van der Waals surface area (Å²) in [6.45, 7) is 0. The Balaban J connectivity index is 1.93. The van der Waals surface area contributed by atoms with Gasteiger partial charge in [0.1, 0.15) is 11.6 Å². The normalized spacial score (nSPS) is 10.5. The molecule has 0 radical (unpaired) electrons. The number of anilines is 1. The zero-order valence-electron chi connectivity index (χ0n) is 10.1. The van der Waals surface area contributed by atoms with Crippen molar-refractivity contribution in [1.29, 1.82) is 0 Å². The van der Waals surface area contributed by atoms with Crippen LogP contribution in [-0.4, -0.2) is 17.3 Å². The van der Waals surface area contributed by atoms with Crippen LogP contribution in [0.3, 0.4) is 0 Å². The summed E-state index contributed by atoms with van der Waals surface area (Å²) in [4.78, 5) is 19.6. The molecule has 1 aromatic carbocycles. The Hall–Kier alpha value is -2.83. The van der Waals surface area contributed by atoms with Gasteiger partial charge in [-0.1, -0.05) is 11.2 Å². The van der Waals surface area contributed by atoms with Gasteiger partial charge < -0.3 is 0 Å². The summed E-state index contributed by atoms with van der Waals surface area (Å²) in [5.74, 6) is -1.46. The molecule has 0 saturated carbocycles. The Bertz CT molecular complexity index is 633. The fourth-order valence-corrected chi connectivity index (χ4v) is 1.31. The minimum absolute atomic E-state index is 0.327. The highest BCUT2D eigenvalue weighted by atomic mass is 19.1. The number of amides is 1. The molecule has 20 heavy (non-hydrogen) atoms. The molecule has 0 bridgehead atoms. The van der Waals surface area contributed by atoms with Crippen LogP contribution >= 0.6 is 0 Å². The summed E-state index contributed by atoms with van der Waals surface area (Å²) < 4.78 is 26.1. The van der Waals surface area contributed by atoms with Crippen LogP contribution in [0.2, 0.25) is 0 Å². The second-order valence-electron chi connectivity index (χ2n) is 3.65. The molecule has 1 amide bonds. The van der Waals surface area contributed by atoms with E-state index in [1.54, 1.807) is 18.3 Å². The van der Waals surface area contributed by atoms with Crippen molar-refractivity contribution >= 4 is 18.0 Å². The molecule has 0 aliphatic rings.